The Labute approximate surface area is 126 Å². The maximum atomic E-state index is 11.8. The van der Waals surface area contributed by atoms with E-state index in [0.717, 1.165) is 4.47 Å². The molecule has 0 bridgehead atoms. The molecular weight excluding hydrogens is 324 g/mol. The van der Waals surface area contributed by atoms with Crippen molar-refractivity contribution >= 4 is 27.7 Å². The highest BCUT2D eigenvalue weighted by atomic mass is 79.9. The van der Waals surface area contributed by atoms with Crippen molar-refractivity contribution < 1.29 is 14.3 Å². The van der Waals surface area contributed by atoms with E-state index < -0.39 is 0 Å². The smallest absolute Gasteiger partial charge is 0.258 e. The van der Waals surface area contributed by atoms with Crippen LogP contribution in [0.5, 0.6) is 5.75 Å². The molecule has 0 spiro atoms. The second kappa shape index (κ2) is 6.74. The van der Waals surface area contributed by atoms with Crippen molar-refractivity contribution in [3.05, 3.63) is 28.7 Å². The van der Waals surface area contributed by atoms with Crippen LogP contribution in [0, 0.1) is 0 Å². The van der Waals surface area contributed by atoms with Gasteiger partial charge >= 0.3 is 0 Å². The summed E-state index contributed by atoms with van der Waals surface area (Å²) < 4.78 is 6.36. The summed E-state index contributed by atoms with van der Waals surface area (Å²) in [6.45, 7) is 0.540. The lowest BCUT2D eigenvalue weighted by Crippen LogP contribution is -2.49. The molecule has 1 N–H and O–H groups in total. The van der Waals surface area contributed by atoms with E-state index in [1.807, 2.05) is 12.1 Å². The molecule has 1 heterocycles. The van der Waals surface area contributed by atoms with Crippen LogP contribution in [0.3, 0.4) is 0 Å². The summed E-state index contributed by atoms with van der Waals surface area (Å²) >= 11 is 3.33. The number of nitrogens with zero attached hydrogens (tertiary/aromatic N) is 1. The Hall–Kier alpha value is -1.56. The molecule has 20 heavy (non-hydrogen) atoms. The maximum Gasteiger partial charge on any atom is 0.258 e. The molecule has 1 aliphatic heterocycles. The molecule has 0 radical (unpaired) electrons. The van der Waals surface area contributed by atoms with Gasteiger partial charge in [-0.2, -0.15) is 0 Å². The molecule has 1 aromatic carbocycles. The normalized spacial score (nSPS) is 18.8. The fraction of sp³-hybridized carbons (Fsp3) is 0.429. The largest absolute Gasteiger partial charge is 0.484 e. The molecular formula is C14H17BrN2O3. The standard InChI is InChI=1S/C14H17BrN2O3/c1-17-8-11(4-7-14(17)19)16-13(18)9-20-12-5-2-10(15)3-6-12/h2-3,5-6,11H,4,7-9H2,1H3,(H,16,18). The summed E-state index contributed by atoms with van der Waals surface area (Å²) in [5.41, 5.74) is 0. The number of hydrogen-bond acceptors (Lipinski definition) is 3. The molecule has 1 fully saturated rings. The lowest BCUT2D eigenvalue weighted by Gasteiger charge is -2.30. The quantitative estimate of drug-likeness (QED) is 0.904. The van der Waals surface area contributed by atoms with E-state index in [4.69, 9.17) is 4.74 Å². The van der Waals surface area contributed by atoms with Crippen molar-refractivity contribution in [1.82, 2.24) is 10.2 Å². The van der Waals surface area contributed by atoms with E-state index in [1.54, 1.807) is 24.1 Å². The second-order valence-corrected chi connectivity index (χ2v) is 5.74. The molecule has 0 aliphatic carbocycles. The third-order valence-electron chi connectivity index (χ3n) is 3.18. The summed E-state index contributed by atoms with van der Waals surface area (Å²) in [4.78, 5) is 24.8. The molecule has 1 aromatic rings. The number of likely N-dealkylation sites (tertiary alicyclic amines) is 1. The first-order chi connectivity index (χ1) is 9.54. The number of hydrogen-bond donors (Lipinski definition) is 1. The summed E-state index contributed by atoms with van der Waals surface area (Å²) in [7, 11) is 1.75. The molecule has 2 amide bonds. The highest BCUT2D eigenvalue weighted by Crippen LogP contribution is 2.16. The monoisotopic (exact) mass is 340 g/mol. The number of likely N-dealkylation sites (N-methyl/N-ethyl adjacent to an activating group) is 1. The van der Waals surface area contributed by atoms with E-state index >= 15 is 0 Å². The third kappa shape index (κ3) is 4.23. The highest BCUT2D eigenvalue weighted by molar-refractivity contribution is 9.10. The number of carbonyl (C=O) groups excluding carboxylic acids is 2. The number of piperidine rings is 1. The molecule has 0 aromatic heterocycles. The average molecular weight is 341 g/mol. The van der Waals surface area contributed by atoms with Gasteiger partial charge in [-0.25, -0.2) is 0 Å². The van der Waals surface area contributed by atoms with E-state index in [0.29, 0.717) is 25.1 Å². The van der Waals surface area contributed by atoms with Gasteiger partial charge in [-0.1, -0.05) is 15.9 Å². The van der Waals surface area contributed by atoms with Gasteiger partial charge in [-0.3, -0.25) is 9.59 Å². The van der Waals surface area contributed by atoms with Gasteiger partial charge in [-0.15, -0.1) is 0 Å². The van der Waals surface area contributed by atoms with Gasteiger partial charge in [0.05, 0.1) is 0 Å². The third-order valence-corrected chi connectivity index (χ3v) is 3.70. The fourth-order valence-corrected chi connectivity index (χ4v) is 2.34. The molecule has 1 unspecified atom stereocenters. The van der Waals surface area contributed by atoms with E-state index in [1.165, 1.54) is 0 Å². The van der Waals surface area contributed by atoms with Gasteiger partial charge in [-0.05, 0) is 30.7 Å². The van der Waals surface area contributed by atoms with Crippen molar-refractivity contribution in [2.75, 3.05) is 20.2 Å². The van der Waals surface area contributed by atoms with Crippen molar-refractivity contribution in [1.29, 1.82) is 0 Å². The maximum absolute atomic E-state index is 11.8. The Morgan fingerprint density at radius 3 is 2.80 bits per heavy atom. The average Bonchev–Trinajstić information content (AvgIpc) is 2.42. The van der Waals surface area contributed by atoms with Gasteiger partial charge in [0.25, 0.3) is 5.91 Å². The zero-order valence-corrected chi connectivity index (χ0v) is 12.9. The number of ether oxygens (including phenoxy) is 1. The van der Waals surface area contributed by atoms with E-state index in [9.17, 15) is 9.59 Å². The van der Waals surface area contributed by atoms with Gasteiger partial charge in [0.2, 0.25) is 5.91 Å². The second-order valence-electron chi connectivity index (χ2n) is 4.82. The van der Waals surface area contributed by atoms with Crippen LogP contribution in [0.4, 0.5) is 0 Å². The number of halogens is 1. The first-order valence-electron chi connectivity index (χ1n) is 6.46. The van der Waals surface area contributed by atoms with Crippen LogP contribution in [0.25, 0.3) is 0 Å². The number of carbonyl (C=O) groups is 2. The zero-order chi connectivity index (χ0) is 14.5. The van der Waals surface area contributed by atoms with Gasteiger partial charge < -0.3 is 15.0 Å². The predicted molar refractivity (Wildman–Crippen MR) is 78.4 cm³/mol. The Bertz CT molecular complexity index is 490. The molecule has 6 heteroatoms. The van der Waals surface area contributed by atoms with Crippen LogP contribution in [-0.2, 0) is 9.59 Å². The topological polar surface area (TPSA) is 58.6 Å². The number of benzene rings is 1. The SMILES string of the molecule is CN1CC(NC(=O)COc2ccc(Br)cc2)CCC1=O. The Morgan fingerprint density at radius 1 is 1.45 bits per heavy atom. The summed E-state index contributed by atoms with van der Waals surface area (Å²) in [6.07, 6.45) is 1.17. The van der Waals surface area contributed by atoms with Crippen molar-refractivity contribution in [3.8, 4) is 5.75 Å². The fourth-order valence-electron chi connectivity index (χ4n) is 2.08. The molecule has 2 rings (SSSR count). The minimum absolute atomic E-state index is 0.0127. The molecule has 0 saturated carbocycles. The van der Waals surface area contributed by atoms with Crippen LogP contribution in [-0.4, -0.2) is 43.0 Å². The summed E-state index contributed by atoms with van der Waals surface area (Å²) in [5.74, 6) is 0.613. The van der Waals surface area contributed by atoms with Crippen LogP contribution in [0.2, 0.25) is 0 Å². The zero-order valence-electron chi connectivity index (χ0n) is 11.3. The lowest BCUT2D eigenvalue weighted by atomic mass is 10.1. The molecule has 1 aliphatic rings. The number of rotatable bonds is 4. The lowest BCUT2D eigenvalue weighted by molar-refractivity contribution is -0.134. The highest BCUT2D eigenvalue weighted by Gasteiger charge is 2.23. The Kier molecular flexibility index (Phi) is 5.00. The van der Waals surface area contributed by atoms with E-state index in [-0.39, 0.29) is 24.5 Å². The van der Waals surface area contributed by atoms with Crippen molar-refractivity contribution in [3.63, 3.8) is 0 Å². The summed E-state index contributed by atoms with van der Waals surface area (Å²) in [6, 6.07) is 7.32. The summed E-state index contributed by atoms with van der Waals surface area (Å²) in [5, 5.41) is 2.88. The van der Waals surface area contributed by atoms with Crippen LogP contribution >= 0.6 is 15.9 Å². The van der Waals surface area contributed by atoms with Gasteiger partial charge in [0.1, 0.15) is 5.75 Å². The molecule has 1 saturated heterocycles. The van der Waals surface area contributed by atoms with Crippen LogP contribution < -0.4 is 10.1 Å². The first kappa shape index (κ1) is 14.8. The minimum Gasteiger partial charge on any atom is -0.484 e. The molecule has 5 nitrogen and oxygen atoms in total. The van der Waals surface area contributed by atoms with Crippen LogP contribution in [0.1, 0.15) is 12.8 Å². The Morgan fingerprint density at radius 2 is 2.15 bits per heavy atom. The predicted octanol–water partition coefficient (Wildman–Crippen LogP) is 1.56. The number of amides is 2. The molecule has 1 atom stereocenters. The van der Waals surface area contributed by atoms with Crippen LogP contribution in [0.15, 0.2) is 28.7 Å². The van der Waals surface area contributed by atoms with Crippen molar-refractivity contribution in [2.45, 2.75) is 18.9 Å². The van der Waals surface area contributed by atoms with Crippen molar-refractivity contribution in [2.24, 2.45) is 0 Å². The van der Waals surface area contributed by atoms with Gasteiger partial charge in [0, 0.05) is 30.5 Å². The van der Waals surface area contributed by atoms with E-state index in [2.05, 4.69) is 21.2 Å². The minimum atomic E-state index is -0.166. The Balaban J connectivity index is 1.75. The molecule has 108 valence electrons. The first-order valence-corrected chi connectivity index (χ1v) is 7.25. The number of nitrogens with one attached hydrogen (secondary N) is 1. The van der Waals surface area contributed by atoms with Gasteiger partial charge in [0.15, 0.2) is 6.61 Å².